The molecule has 0 aliphatic rings. The number of thiazole rings is 1. The van der Waals surface area contributed by atoms with E-state index < -0.39 is 0 Å². The van der Waals surface area contributed by atoms with E-state index in [0.717, 1.165) is 41.2 Å². The molecule has 0 saturated carbocycles. The zero-order valence-corrected chi connectivity index (χ0v) is 12.7. The smallest absolute Gasteiger partial charge is 0.226 e. The minimum atomic E-state index is 0.679. The van der Waals surface area contributed by atoms with Crippen LogP contribution in [0.25, 0.3) is 10.2 Å². The quantitative estimate of drug-likeness (QED) is 0.732. The molecule has 20 heavy (non-hydrogen) atoms. The minimum Gasteiger partial charge on any atom is -0.369 e. The standard InChI is InChI=1S/C13H15N5S2/c1-2-14-13-17-11(10-4-6-20-12(10)18-13)15-5-3-9-7-19-8-16-9/h4,6-8H,2-3,5H2,1H3,(H2,14,15,17,18). The van der Waals surface area contributed by atoms with Gasteiger partial charge in [0.05, 0.1) is 16.6 Å². The molecule has 0 spiro atoms. The van der Waals surface area contributed by atoms with Gasteiger partial charge >= 0.3 is 0 Å². The first-order chi connectivity index (χ1) is 9.86. The lowest BCUT2D eigenvalue weighted by Gasteiger charge is -2.08. The summed E-state index contributed by atoms with van der Waals surface area (Å²) in [6.07, 6.45) is 0.898. The van der Waals surface area contributed by atoms with Gasteiger partial charge < -0.3 is 10.6 Å². The normalized spacial score (nSPS) is 10.8. The third-order valence-corrected chi connectivity index (χ3v) is 4.26. The van der Waals surface area contributed by atoms with E-state index in [4.69, 9.17) is 0 Å². The van der Waals surface area contributed by atoms with E-state index in [1.807, 2.05) is 17.8 Å². The number of aromatic nitrogens is 3. The molecule has 2 N–H and O–H groups in total. The van der Waals surface area contributed by atoms with Crippen LogP contribution in [0.15, 0.2) is 22.3 Å². The SMILES string of the molecule is CCNc1nc(NCCc2cscn2)c2ccsc2n1. The lowest BCUT2D eigenvalue weighted by atomic mass is 10.3. The fraction of sp³-hybridized carbons (Fsp3) is 0.308. The van der Waals surface area contributed by atoms with Crippen LogP contribution in [0.3, 0.4) is 0 Å². The van der Waals surface area contributed by atoms with E-state index in [0.29, 0.717) is 5.95 Å². The Morgan fingerprint density at radius 3 is 3.00 bits per heavy atom. The lowest BCUT2D eigenvalue weighted by molar-refractivity contribution is 0.968. The van der Waals surface area contributed by atoms with Crippen LogP contribution in [-0.2, 0) is 6.42 Å². The summed E-state index contributed by atoms with van der Waals surface area (Å²) in [4.78, 5) is 14.3. The molecule has 3 aromatic rings. The number of anilines is 2. The van der Waals surface area contributed by atoms with Gasteiger partial charge in [-0.2, -0.15) is 4.98 Å². The average Bonchev–Trinajstić information content (AvgIpc) is 3.09. The Balaban J connectivity index is 1.76. The van der Waals surface area contributed by atoms with Gasteiger partial charge in [-0.15, -0.1) is 22.7 Å². The summed E-state index contributed by atoms with van der Waals surface area (Å²) in [5.74, 6) is 1.57. The number of nitrogens with zero attached hydrogens (tertiary/aromatic N) is 3. The maximum atomic E-state index is 4.54. The molecule has 0 aliphatic heterocycles. The van der Waals surface area contributed by atoms with Crippen molar-refractivity contribution in [1.29, 1.82) is 0 Å². The number of hydrogen-bond donors (Lipinski definition) is 2. The Hall–Kier alpha value is -1.73. The highest BCUT2D eigenvalue weighted by Crippen LogP contribution is 2.26. The highest BCUT2D eigenvalue weighted by Gasteiger charge is 2.08. The van der Waals surface area contributed by atoms with Crippen molar-refractivity contribution < 1.29 is 0 Å². The molecule has 0 aliphatic carbocycles. The summed E-state index contributed by atoms with van der Waals surface area (Å²) in [6, 6.07) is 2.06. The number of rotatable bonds is 6. The Kier molecular flexibility index (Phi) is 4.08. The number of fused-ring (bicyclic) bond motifs is 1. The van der Waals surface area contributed by atoms with Crippen molar-refractivity contribution in [3.8, 4) is 0 Å². The maximum absolute atomic E-state index is 4.54. The van der Waals surface area contributed by atoms with E-state index >= 15 is 0 Å². The Morgan fingerprint density at radius 2 is 2.20 bits per heavy atom. The summed E-state index contributed by atoms with van der Waals surface area (Å²) in [7, 11) is 0. The molecule has 0 fully saturated rings. The van der Waals surface area contributed by atoms with Gasteiger partial charge in [-0.1, -0.05) is 0 Å². The van der Waals surface area contributed by atoms with Gasteiger partial charge in [-0.3, -0.25) is 0 Å². The molecule has 0 atom stereocenters. The molecule has 0 saturated heterocycles. The van der Waals surface area contributed by atoms with Gasteiger partial charge in [-0.05, 0) is 18.4 Å². The average molecular weight is 305 g/mol. The van der Waals surface area contributed by atoms with Crippen molar-refractivity contribution in [2.75, 3.05) is 23.7 Å². The van der Waals surface area contributed by atoms with Crippen LogP contribution in [-0.4, -0.2) is 28.0 Å². The summed E-state index contributed by atoms with van der Waals surface area (Å²) in [6.45, 7) is 3.67. The molecule has 7 heteroatoms. The molecule has 0 aromatic carbocycles. The fourth-order valence-corrected chi connectivity index (χ4v) is 3.25. The van der Waals surface area contributed by atoms with Gasteiger partial charge in [-0.25, -0.2) is 9.97 Å². The first kappa shape index (κ1) is 13.3. The van der Waals surface area contributed by atoms with E-state index in [2.05, 4.69) is 37.0 Å². The monoisotopic (exact) mass is 305 g/mol. The zero-order valence-electron chi connectivity index (χ0n) is 11.1. The van der Waals surface area contributed by atoms with Crippen molar-refractivity contribution in [2.45, 2.75) is 13.3 Å². The van der Waals surface area contributed by atoms with Gasteiger partial charge in [0.1, 0.15) is 10.6 Å². The van der Waals surface area contributed by atoms with Gasteiger partial charge in [0.25, 0.3) is 0 Å². The van der Waals surface area contributed by atoms with Crippen molar-refractivity contribution in [3.63, 3.8) is 0 Å². The van der Waals surface area contributed by atoms with Crippen LogP contribution >= 0.6 is 22.7 Å². The van der Waals surface area contributed by atoms with Crippen molar-refractivity contribution in [2.24, 2.45) is 0 Å². The molecular formula is C13H15N5S2. The number of hydrogen-bond acceptors (Lipinski definition) is 7. The third-order valence-electron chi connectivity index (χ3n) is 2.82. The first-order valence-corrected chi connectivity index (χ1v) is 8.29. The van der Waals surface area contributed by atoms with Gasteiger partial charge in [0.15, 0.2) is 0 Å². The van der Waals surface area contributed by atoms with E-state index in [9.17, 15) is 0 Å². The van der Waals surface area contributed by atoms with E-state index in [1.165, 1.54) is 0 Å². The highest BCUT2D eigenvalue weighted by atomic mass is 32.1. The molecule has 0 radical (unpaired) electrons. The van der Waals surface area contributed by atoms with Crippen LogP contribution < -0.4 is 10.6 Å². The summed E-state index contributed by atoms with van der Waals surface area (Å²) >= 11 is 3.26. The molecule has 3 heterocycles. The predicted molar refractivity (Wildman–Crippen MR) is 85.9 cm³/mol. The summed E-state index contributed by atoms with van der Waals surface area (Å²) in [5.41, 5.74) is 2.98. The van der Waals surface area contributed by atoms with Crippen LogP contribution in [0.2, 0.25) is 0 Å². The second kappa shape index (κ2) is 6.15. The van der Waals surface area contributed by atoms with Gasteiger partial charge in [0, 0.05) is 24.9 Å². The molecule has 0 amide bonds. The predicted octanol–water partition coefficient (Wildman–Crippen LogP) is 3.23. The van der Waals surface area contributed by atoms with Crippen molar-refractivity contribution >= 4 is 44.7 Å². The second-order valence-electron chi connectivity index (χ2n) is 4.22. The Bertz CT molecular complexity index is 677. The largest absolute Gasteiger partial charge is 0.369 e. The molecule has 0 bridgehead atoms. The van der Waals surface area contributed by atoms with Crippen LogP contribution in [0.1, 0.15) is 12.6 Å². The molecule has 3 aromatic heterocycles. The van der Waals surface area contributed by atoms with E-state index in [-0.39, 0.29) is 0 Å². The van der Waals surface area contributed by atoms with Crippen molar-refractivity contribution in [3.05, 3.63) is 28.0 Å². The fourth-order valence-electron chi connectivity index (χ4n) is 1.90. The van der Waals surface area contributed by atoms with E-state index in [1.54, 1.807) is 22.7 Å². The Labute approximate surface area is 125 Å². The molecule has 0 unspecified atom stereocenters. The van der Waals surface area contributed by atoms with Gasteiger partial charge in [0.2, 0.25) is 5.95 Å². The number of nitrogens with one attached hydrogen (secondary N) is 2. The Morgan fingerprint density at radius 1 is 1.25 bits per heavy atom. The topological polar surface area (TPSA) is 62.7 Å². The zero-order chi connectivity index (χ0) is 13.8. The molecule has 5 nitrogen and oxygen atoms in total. The molecular weight excluding hydrogens is 290 g/mol. The lowest BCUT2D eigenvalue weighted by Crippen LogP contribution is -2.09. The van der Waals surface area contributed by atoms with Crippen LogP contribution in [0, 0.1) is 0 Å². The molecule has 104 valence electrons. The minimum absolute atomic E-state index is 0.679. The maximum Gasteiger partial charge on any atom is 0.226 e. The van der Waals surface area contributed by atoms with Crippen LogP contribution in [0.4, 0.5) is 11.8 Å². The second-order valence-corrected chi connectivity index (χ2v) is 5.84. The number of thiophene rings is 1. The molecule has 3 rings (SSSR count). The van der Waals surface area contributed by atoms with Crippen molar-refractivity contribution in [1.82, 2.24) is 15.0 Å². The summed E-state index contributed by atoms with van der Waals surface area (Å²) < 4.78 is 0. The summed E-state index contributed by atoms with van der Waals surface area (Å²) in [5, 5.41) is 11.8. The third kappa shape index (κ3) is 2.88. The first-order valence-electron chi connectivity index (χ1n) is 6.47. The van der Waals surface area contributed by atoms with Crippen LogP contribution in [0.5, 0.6) is 0 Å². The highest BCUT2D eigenvalue weighted by molar-refractivity contribution is 7.16.